The molecule has 1 aromatic heterocycles. The molecular weight excluding hydrogens is 204 g/mol. The first-order chi connectivity index (χ1) is 7.86. The zero-order valence-electron chi connectivity index (χ0n) is 9.25. The Morgan fingerprint density at radius 3 is 2.75 bits per heavy atom. The molecule has 84 valence electrons. The van der Waals surface area contributed by atoms with Crippen molar-refractivity contribution in [2.45, 2.75) is 19.8 Å². The van der Waals surface area contributed by atoms with Crippen molar-refractivity contribution in [3.63, 3.8) is 0 Å². The average Bonchev–Trinajstić information content (AvgIpc) is 2.56. The van der Waals surface area contributed by atoms with Crippen molar-refractivity contribution in [2.24, 2.45) is 0 Å². The predicted octanol–water partition coefficient (Wildman–Crippen LogP) is 2.29. The van der Waals surface area contributed by atoms with E-state index >= 15 is 0 Å². The van der Waals surface area contributed by atoms with Crippen molar-refractivity contribution in [3.05, 3.63) is 18.0 Å². The fraction of sp³-hybridized carbons (Fsp3) is 0.417. The maximum Gasteiger partial charge on any atom is 0.163 e. The average molecular weight is 218 g/mol. The SMILES string of the molecule is CCc1nc2cc3c(cc2[nH]1)OCCCO3. The van der Waals surface area contributed by atoms with Gasteiger partial charge >= 0.3 is 0 Å². The van der Waals surface area contributed by atoms with Gasteiger partial charge in [0.15, 0.2) is 11.5 Å². The third-order valence-corrected chi connectivity index (χ3v) is 2.74. The molecule has 4 heteroatoms. The van der Waals surface area contributed by atoms with Crippen LogP contribution in [-0.2, 0) is 6.42 Å². The molecule has 0 saturated carbocycles. The number of benzene rings is 1. The summed E-state index contributed by atoms with van der Waals surface area (Å²) < 4.78 is 11.2. The largest absolute Gasteiger partial charge is 0.489 e. The van der Waals surface area contributed by atoms with Gasteiger partial charge in [0.2, 0.25) is 0 Å². The Kier molecular flexibility index (Phi) is 2.20. The van der Waals surface area contributed by atoms with E-state index in [0.29, 0.717) is 13.2 Å². The molecule has 1 aromatic carbocycles. The van der Waals surface area contributed by atoms with Crippen LogP contribution in [0.15, 0.2) is 12.1 Å². The Hall–Kier alpha value is -1.71. The quantitative estimate of drug-likeness (QED) is 0.798. The highest BCUT2D eigenvalue weighted by Crippen LogP contribution is 2.33. The lowest BCUT2D eigenvalue weighted by Crippen LogP contribution is -1.97. The molecular formula is C12H14N2O2. The number of aromatic amines is 1. The van der Waals surface area contributed by atoms with Crippen LogP contribution in [0, 0.1) is 0 Å². The zero-order valence-corrected chi connectivity index (χ0v) is 9.25. The van der Waals surface area contributed by atoms with Crippen molar-refractivity contribution in [1.29, 1.82) is 0 Å². The number of nitrogens with one attached hydrogen (secondary N) is 1. The summed E-state index contributed by atoms with van der Waals surface area (Å²) in [5.74, 6) is 2.62. The van der Waals surface area contributed by atoms with Gasteiger partial charge in [0.05, 0.1) is 24.2 Å². The summed E-state index contributed by atoms with van der Waals surface area (Å²) in [6.07, 6.45) is 1.83. The lowest BCUT2D eigenvalue weighted by Gasteiger charge is -2.05. The summed E-state index contributed by atoms with van der Waals surface area (Å²) in [4.78, 5) is 7.75. The first kappa shape index (κ1) is 9.51. The normalized spacial score (nSPS) is 15.1. The monoisotopic (exact) mass is 218 g/mol. The number of nitrogens with zero attached hydrogens (tertiary/aromatic N) is 1. The van der Waals surface area contributed by atoms with Gasteiger partial charge in [0.25, 0.3) is 0 Å². The lowest BCUT2D eigenvalue weighted by molar-refractivity contribution is 0.297. The highest BCUT2D eigenvalue weighted by atomic mass is 16.5. The Morgan fingerprint density at radius 1 is 1.25 bits per heavy atom. The molecule has 0 amide bonds. The number of rotatable bonds is 1. The number of aryl methyl sites for hydroxylation is 1. The fourth-order valence-corrected chi connectivity index (χ4v) is 1.89. The smallest absolute Gasteiger partial charge is 0.163 e. The molecule has 2 aromatic rings. The number of hydrogen-bond acceptors (Lipinski definition) is 3. The predicted molar refractivity (Wildman–Crippen MR) is 61.1 cm³/mol. The molecule has 0 fully saturated rings. The maximum atomic E-state index is 5.63. The van der Waals surface area contributed by atoms with Crippen molar-refractivity contribution < 1.29 is 9.47 Å². The topological polar surface area (TPSA) is 47.1 Å². The molecule has 0 bridgehead atoms. The van der Waals surface area contributed by atoms with Crippen LogP contribution in [-0.4, -0.2) is 23.2 Å². The maximum absolute atomic E-state index is 5.63. The van der Waals surface area contributed by atoms with Crippen molar-refractivity contribution in [1.82, 2.24) is 9.97 Å². The first-order valence-corrected chi connectivity index (χ1v) is 5.65. The van der Waals surface area contributed by atoms with Gasteiger partial charge in [-0.05, 0) is 0 Å². The molecule has 16 heavy (non-hydrogen) atoms. The van der Waals surface area contributed by atoms with Gasteiger partial charge in [0, 0.05) is 25.0 Å². The second-order valence-corrected chi connectivity index (χ2v) is 3.90. The molecule has 2 heterocycles. The molecule has 4 nitrogen and oxygen atoms in total. The van der Waals surface area contributed by atoms with E-state index in [4.69, 9.17) is 9.47 Å². The van der Waals surface area contributed by atoms with Crippen LogP contribution in [0.3, 0.4) is 0 Å². The van der Waals surface area contributed by atoms with Crippen LogP contribution in [0.2, 0.25) is 0 Å². The van der Waals surface area contributed by atoms with Crippen LogP contribution in [0.5, 0.6) is 11.5 Å². The first-order valence-electron chi connectivity index (χ1n) is 5.65. The van der Waals surface area contributed by atoms with E-state index in [9.17, 15) is 0 Å². The van der Waals surface area contributed by atoms with E-state index in [1.165, 1.54) is 0 Å². The van der Waals surface area contributed by atoms with E-state index in [-0.39, 0.29) is 0 Å². The van der Waals surface area contributed by atoms with Gasteiger partial charge in [-0.2, -0.15) is 0 Å². The van der Waals surface area contributed by atoms with E-state index in [0.717, 1.165) is 41.2 Å². The van der Waals surface area contributed by atoms with Gasteiger partial charge < -0.3 is 14.5 Å². The molecule has 1 N–H and O–H groups in total. The second-order valence-electron chi connectivity index (χ2n) is 3.90. The Morgan fingerprint density at radius 2 is 2.00 bits per heavy atom. The molecule has 0 saturated heterocycles. The van der Waals surface area contributed by atoms with Gasteiger partial charge in [-0.3, -0.25) is 0 Å². The minimum atomic E-state index is 0.712. The Bertz CT molecular complexity index is 476. The summed E-state index contributed by atoms with van der Waals surface area (Å²) in [6, 6.07) is 3.92. The summed E-state index contributed by atoms with van der Waals surface area (Å²) in [7, 11) is 0. The van der Waals surface area contributed by atoms with Gasteiger partial charge in [-0.15, -0.1) is 0 Å². The summed E-state index contributed by atoms with van der Waals surface area (Å²) >= 11 is 0. The lowest BCUT2D eigenvalue weighted by atomic mass is 10.3. The Balaban J connectivity index is 2.14. The molecule has 3 rings (SSSR count). The van der Waals surface area contributed by atoms with Crippen LogP contribution in [0.25, 0.3) is 11.0 Å². The molecule has 0 atom stereocenters. The van der Waals surface area contributed by atoms with E-state index in [2.05, 4.69) is 16.9 Å². The van der Waals surface area contributed by atoms with Gasteiger partial charge in [-0.25, -0.2) is 4.98 Å². The van der Waals surface area contributed by atoms with Gasteiger partial charge in [-0.1, -0.05) is 6.92 Å². The number of aromatic nitrogens is 2. The zero-order chi connectivity index (χ0) is 11.0. The van der Waals surface area contributed by atoms with E-state index in [1.807, 2.05) is 12.1 Å². The number of hydrogen-bond donors (Lipinski definition) is 1. The summed E-state index contributed by atoms with van der Waals surface area (Å²) in [5, 5.41) is 0. The molecule has 1 aliphatic heterocycles. The van der Waals surface area contributed by atoms with Crippen LogP contribution in [0.1, 0.15) is 19.2 Å². The van der Waals surface area contributed by atoms with E-state index < -0.39 is 0 Å². The number of ether oxygens (including phenoxy) is 2. The number of fused-ring (bicyclic) bond motifs is 2. The fourth-order valence-electron chi connectivity index (χ4n) is 1.89. The highest BCUT2D eigenvalue weighted by Gasteiger charge is 2.13. The molecule has 0 radical (unpaired) electrons. The minimum Gasteiger partial charge on any atom is -0.489 e. The van der Waals surface area contributed by atoms with E-state index in [1.54, 1.807) is 0 Å². The van der Waals surface area contributed by atoms with Gasteiger partial charge in [0.1, 0.15) is 5.82 Å². The van der Waals surface area contributed by atoms with Crippen LogP contribution in [0.4, 0.5) is 0 Å². The van der Waals surface area contributed by atoms with Crippen molar-refractivity contribution in [3.8, 4) is 11.5 Å². The number of H-pyrrole nitrogens is 1. The summed E-state index contributed by atoms with van der Waals surface area (Å²) in [6.45, 7) is 3.51. The number of imidazole rings is 1. The third kappa shape index (κ3) is 1.50. The molecule has 0 unspecified atom stereocenters. The van der Waals surface area contributed by atoms with Crippen molar-refractivity contribution in [2.75, 3.05) is 13.2 Å². The third-order valence-electron chi connectivity index (χ3n) is 2.74. The molecule has 0 aliphatic carbocycles. The standard InChI is InChI=1S/C12H14N2O2/c1-2-12-13-8-6-10-11(7-9(8)14-12)16-5-3-4-15-10/h6-7H,2-5H2,1H3,(H,13,14). The van der Waals surface area contributed by atoms with Crippen LogP contribution >= 0.6 is 0 Å². The summed E-state index contributed by atoms with van der Waals surface area (Å²) in [5.41, 5.74) is 1.96. The Labute approximate surface area is 93.6 Å². The highest BCUT2D eigenvalue weighted by molar-refractivity contribution is 5.79. The second kappa shape index (κ2) is 3.70. The van der Waals surface area contributed by atoms with Crippen LogP contribution < -0.4 is 9.47 Å². The molecule has 1 aliphatic rings. The molecule has 0 spiro atoms. The minimum absolute atomic E-state index is 0.712. The van der Waals surface area contributed by atoms with Crippen molar-refractivity contribution >= 4 is 11.0 Å².